The van der Waals surface area contributed by atoms with Gasteiger partial charge in [0.1, 0.15) is 5.78 Å². The number of carbonyl (C=O) groups excluding carboxylic acids is 2. The highest BCUT2D eigenvalue weighted by Gasteiger charge is 2.09. The van der Waals surface area contributed by atoms with Crippen LogP contribution < -0.4 is 5.32 Å². The monoisotopic (exact) mass is 289 g/mol. The van der Waals surface area contributed by atoms with Crippen molar-refractivity contribution in [2.24, 2.45) is 5.92 Å². The van der Waals surface area contributed by atoms with Gasteiger partial charge in [0.2, 0.25) is 5.91 Å². The molecule has 6 heteroatoms. The third-order valence-corrected chi connectivity index (χ3v) is 2.61. The summed E-state index contributed by atoms with van der Waals surface area (Å²) in [5.74, 6) is -0.00667. The lowest BCUT2D eigenvalue weighted by Gasteiger charge is -2.07. The quantitative estimate of drug-likeness (QED) is 0.507. The molecular formula is C14H27NO5. The van der Waals surface area contributed by atoms with Crippen LogP contribution in [0.1, 0.15) is 26.7 Å². The van der Waals surface area contributed by atoms with E-state index in [9.17, 15) is 9.59 Å². The smallest absolute Gasteiger partial charge is 0.220 e. The van der Waals surface area contributed by atoms with E-state index in [-0.39, 0.29) is 24.0 Å². The summed E-state index contributed by atoms with van der Waals surface area (Å²) in [6.07, 6.45) is 0.550. The number of ether oxygens (including phenoxy) is 3. The van der Waals surface area contributed by atoms with E-state index in [1.807, 2.05) is 13.8 Å². The van der Waals surface area contributed by atoms with E-state index in [4.69, 9.17) is 14.2 Å². The van der Waals surface area contributed by atoms with Gasteiger partial charge in [0.15, 0.2) is 0 Å². The van der Waals surface area contributed by atoms with E-state index in [1.165, 1.54) is 0 Å². The van der Waals surface area contributed by atoms with Crippen LogP contribution >= 0.6 is 0 Å². The highest BCUT2D eigenvalue weighted by atomic mass is 16.5. The highest BCUT2D eigenvalue weighted by Crippen LogP contribution is 2.01. The Morgan fingerprint density at radius 2 is 1.55 bits per heavy atom. The first kappa shape index (κ1) is 19.0. The second kappa shape index (κ2) is 13.0. The third kappa shape index (κ3) is 12.1. The summed E-state index contributed by atoms with van der Waals surface area (Å²) in [6, 6.07) is 0. The Morgan fingerprint density at radius 3 is 2.15 bits per heavy atom. The van der Waals surface area contributed by atoms with Crippen molar-refractivity contribution in [2.45, 2.75) is 26.7 Å². The molecule has 0 spiro atoms. The Morgan fingerprint density at radius 1 is 0.950 bits per heavy atom. The number of rotatable bonds is 13. The first-order valence-corrected chi connectivity index (χ1v) is 7.01. The lowest BCUT2D eigenvalue weighted by molar-refractivity contribution is -0.126. The first-order valence-electron chi connectivity index (χ1n) is 7.01. The van der Waals surface area contributed by atoms with Gasteiger partial charge < -0.3 is 19.5 Å². The molecule has 0 aromatic carbocycles. The van der Waals surface area contributed by atoms with Gasteiger partial charge in [0.05, 0.1) is 33.0 Å². The van der Waals surface area contributed by atoms with E-state index >= 15 is 0 Å². The zero-order chi connectivity index (χ0) is 15.2. The number of carbonyl (C=O) groups is 2. The van der Waals surface area contributed by atoms with Crippen molar-refractivity contribution >= 4 is 11.7 Å². The molecule has 1 amide bonds. The minimum atomic E-state index is -0.112. The summed E-state index contributed by atoms with van der Waals surface area (Å²) in [6.45, 7) is 6.70. The molecule has 0 saturated heterocycles. The van der Waals surface area contributed by atoms with Crippen LogP contribution in [0, 0.1) is 5.92 Å². The summed E-state index contributed by atoms with van der Waals surface area (Å²) in [4.78, 5) is 22.8. The minimum absolute atomic E-state index is 0.00996. The van der Waals surface area contributed by atoms with Gasteiger partial charge in [-0.15, -0.1) is 0 Å². The van der Waals surface area contributed by atoms with Gasteiger partial charge in [0.25, 0.3) is 0 Å². The van der Waals surface area contributed by atoms with Crippen LogP contribution in [0.2, 0.25) is 0 Å². The molecule has 0 rings (SSSR count). The molecular weight excluding hydrogens is 262 g/mol. The Labute approximate surface area is 121 Å². The molecule has 6 nitrogen and oxygen atoms in total. The molecule has 0 heterocycles. The number of amides is 1. The normalized spacial score (nSPS) is 10.8. The summed E-state index contributed by atoms with van der Waals surface area (Å²) >= 11 is 0. The second-order valence-electron chi connectivity index (χ2n) is 4.69. The average molecular weight is 289 g/mol. The SMILES string of the molecule is COCCOCCOCCNC(=O)CCC(=O)C(C)C. The predicted molar refractivity (Wildman–Crippen MR) is 75.6 cm³/mol. The van der Waals surface area contributed by atoms with Crippen LogP contribution in [0.5, 0.6) is 0 Å². The van der Waals surface area contributed by atoms with Gasteiger partial charge in [-0.3, -0.25) is 9.59 Å². The first-order chi connectivity index (χ1) is 9.57. The Bertz CT molecular complexity index is 268. The van der Waals surface area contributed by atoms with Gasteiger partial charge in [-0.1, -0.05) is 13.8 Å². The maximum Gasteiger partial charge on any atom is 0.220 e. The maximum atomic E-state index is 11.4. The molecule has 0 aromatic rings. The standard InChI is InChI=1S/C14H27NO5/c1-12(2)13(16)4-5-14(17)15-6-7-19-10-11-20-9-8-18-3/h12H,4-11H2,1-3H3,(H,15,17). The number of methoxy groups -OCH3 is 1. The molecule has 20 heavy (non-hydrogen) atoms. The predicted octanol–water partition coefficient (Wildman–Crippen LogP) is 0.788. The van der Waals surface area contributed by atoms with Crippen molar-refractivity contribution < 1.29 is 23.8 Å². The van der Waals surface area contributed by atoms with E-state index < -0.39 is 0 Å². The van der Waals surface area contributed by atoms with Crippen LogP contribution in [0.4, 0.5) is 0 Å². The van der Waals surface area contributed by atoms with Crippen molar-refractivity contribution in [3.05, 3.63) is 0 Å². The van der Waals surface area contributed by atoms with Gasteiger partial charge >= 0.3 is 0 Å². The number of hydrogen-bond donors (Lipinski definition) is 1. The van der Waals surface area contributed by atoms with Crippen molar-refractivity contribution in [3.63, 3.8) is 0 Å². The fraction of sp³-hybridized carbons (Fsp3) is 0.857. The fourth-order valence-electron chi connectivity index (χ4n) is 1.34. The van der Waals surface area contributed by atoms with Crippen molar-refractivity contribution in [3.8, 4) is 0 Å². The van der Waals surface area contributed by atoms with E-state index in [2.05, 4.69) is 5.32 Å². The van der Waals surface area contributed by atoms with Crippen LogP contribution in [0.25, 0.3) is 0 Å². The fourth-order valence-corrected chi connectivity index (χ4v) is 1.34. The number of hydrogen-bond acceptors (Lipinski definition) is 5. The van der Waals surface area contributed by atoms with Crippen LogP contribution in [-0.2, 0) is 23.8 Å². The summed E-state index contributed by atoms with van der Waals surface area (Å²) in [5, 5.41) is 2.71. The molecule has 0 aromatic heterocycles. The average Bonchev–Trinajstić information content (AvgIpc) is 2.42. The van der Waals surface area contributed by atoms with Crippen molar-refractivity contribution in [1.29, 1.82) is 0 Å². The van der Waals surface area contributed by atoms with E-state index in [0.717, 1.165) is 0 Å². The molecule has 0 radical (unpaired) electrons. The molecule has 0 aliphatic rings. The maximum absolute atomic E-state index is 11.4. The lowest BCUT2D eigenvalue weighted by Crippen LogP contribution is -2.28. The molecule has 118 valence electrons. The van der Waals surface area contributed by atoms with Crippen molar-refractivity contribution in [1.82, 2.24) is 5.32 Å². The summed E-state index contributed by atoms with van der Waals surface area (Å²) in [5.41, 5.74) is 0. The topological polar surface area (TPSA) is 73.9 Å². The second-order valence-corrected chi connectivity index (χ2v) is 4.69. The van der Waals surface area contributed by atoms with Gasteiger partial charge in [-0.05, 0) is 0 Å². The Kier molecular flexibility index (Phi) is 12.4. The molecule has 0 aliphatic heterocycles. The number of ketones is 1. The summed E-state index contributed by atoms with van der Waals surface area (Å²) < 4.78 is 15.3. The molecule has 0 fully saturated rings. The molecule has 0 unspecified atom stereocenters. The van der Waals surface area contributed by atoms with Gasteiger partial charge in [-0.25, -0.2) is 0 Å². The van der Waals surface area contributed by atoms with E-state index in [1.54, 1.807) is 7.11 Å². The Balaban J connectivity index is 3.29. The van der Waals surface area contributed by atoms with Crippen LogP contribution in [0.15, 0.2) is 0 Å². The molecule has 0 bridgehead atoms. The molecule has 0 atom stereocenters. The highest BCUT2D eigenvalue weighted by molar-refractivity contribution is 5.85. The van der Waals surface area contributed by atoms with Crippen LogP contribution in [0.3, 0.4) is 0 Å². The Hall–Kier alpha value is -0.980. The lowest BCUT2D eigenvalue weighted by atomic mass is 10.0. The third-order valence-electron chi connectivity index (χ3n) is 2.61. The van der Waals surface area contributed by atoms with Crippen LogP contribution in [-0.4, -0.2) is 58.4 Å². The largest absolute Gasteiger partial charge is 0.382 e. The zero-order valence-electron chi connectivity index (χ0n) is 12.8. The minimum Gasteiger partial charge on any atom is -0.382 e. The van der Waals surface area contributed by atoms with E-state index in [0.29, 0.717) is 46.0 Å². The van der Waals surface area contributed by atoms with Gasteiger partial charge in [-0.2, -0.15) is 0 Å². The molecule has 0 saturated carbocycles. The van der Waals surface area contributed by atoms with Gasteiger partial charge in [0, 0.05) is 32.4 Å². The molecule has 0 aliphatic carbocycles. The zero-order valence-corrected chi connectivity index (χ0v) is 12.8. The number of Topliss-reactive ketones (excluding diaryl/α,β-unsaturated/α-hetero) is 1. The van der Waals surface area contributed by atoms with Crippen molar-refractivity contribution in [2.75, 3.05) is 46.7 Å². The summed E-state index contributed by atoms with van der Waals surface area (Å²) in [7, 11) is 1.62. The molecule has 1 N–H and O–H groups in total. The number of nitrogens with one attached hydrogen (secondary N) is 1.